The van der Waals surface area contributed by atoms with Crippen LogP contribution in [0.3, 0.4) is 0 Å². The molecule has 2 aliphatic heterocycles. The maximum atomic E-state index is 13.0. The molecule has 1 aromatic carbocycles. The average Bonchev–Trinajstić information content (AvgIpc) is 3.19. The van der Waals surface area contributed by atoms with Gasteiger partial charge in [-0.2, -0.15) is 0 Å². The van der Waals surface area contributed by atoms with E-state index in [4.69, 9.17) is 0 Å². The van der Waals surface area contributed by atoms with Gasteiger partial charge >= 0.3 is 0 Å². The standard InChI is InChI=1S/C21H28N4O/c1-2-25-15-21(12-19(20(25)26)17-6-4-3-5-7-17)8-10-24(11-9-21)14-18-13-22-16-23-18/h3-7,13,16,19H,2,8-12,14-15H2,1H3,(H,22,23)/t19-/m1/s1. The lowest BCUT2D eigenvalue weighted by molar-refractivity contribution is -0.141. The molecule has 0 unspecified atom stereocenters. The van der Waals surface area contributed by atoms with Crippen LogP contribution in [0.1, 0.15) is 43.4 Å². The second kappa shape index (κ2) is 7.23. The molecule has 0 radical (unpaired) electrons. The SMILES string of the molecule is CCN1CC2(CCN(Cc3cnc[nH]3)CC2)C[C@H](c2ccccc2)C1=O. The third-order valence-electron chi connectivity index (χ3n) is 6.22. The number of nitrogens with one attached hydrogen (secondary N) is 1. The highest BCUT2D eigenvalue weighted by Gasteiger charge is 2.45. The summed E-state index contributed by atoms with van der Waals surface area (Å²) in [6.45, 7) is 6.95. The van der Waals surface area contributed by atoms with Crippen molar-refractivity contribution < 1.29 is 4.79 Å². The molecule has 26 heavy (non-hydrogen) atoms. The molecule has 138 valence electrons. The Morgan fingerprint density at radius 3 is 2.65 bits per heavy atom. The van der Waals surface area contributed by atoms with Crippen molar-refractivity contribution in [3.05, 3.63) is 54.1 Å². The lowest BCUT2D eigenvalue weighted by atomic mass is 9.67. The van der Waals surface area contributed by atoms with Crippen molar-refractivity contribution in [3.8, 4) is 0 Å². The van der Waals surface area contributed by atoms with Gasteiger partial charge in [0.05, 0.1) is 12.2 Å². The molecular weight excluding hydrogens is 324 g/mol. The Hall–Kier alpha value is -2.14. The molecule has 3 heterocycles. The number of aromatic amines is 1. The minimum absolute atomic E-state index is 0.0176. The molecule has 1 amide bonds. The largest absolute Gasteiger partial charge is 0.347 e. The van der Waals surface area contributed by atoms with Crippen molar-refractivity contribution in [2.75, 3.05) is 26.2 Å². The smallest absolute Gasteiger partial charge is 0.230 e. The van der Waals surface area contributed by atoms with Crippen molar-refractivity contribution in [1.29, 1.82) is 0 Å². The van der Waals surface area contributed by atoms with E-state index in [1.807, 2.05) is 24.4 Å². The number of amides is 1. The van der Waals surface area contributed by atoms with Crippen LogP contribution in [0.15, 0.2) is 42.9 Å². The van der Waals surface area contributed by atoms with Crippen LogP contribution >= 0.6 is 0 Å². The fourth-order valence-electron chi connectivity index (χ4n) is 4.66. The molecule has 1 N–H and O–H groups in total. The summed E-state index contributed by atoms with van der Waals surface area (Å²) < 4.78 is 0. The van der Waals surface area contributed by atoms with E-state index in [1.165, 1.54) is 11.3 Å². The second-order valence-corrected chi connectivity index (χ2v) is 7.87. The lowest BCUT2D eigenvalue weighted by Gasteiger charge is -2.49. The zero-order valence-corrected chi connectivity index (χ0v) is 15.5. The van der Waals surface area contributed by atoms with E-state index in [9.17, 15) is 4.79 Å². The highest BCUT2D eigenvalue weighted by Crippen LogP contribution is 2.45. The summed E-state index contributed by atoms with van der Waals surface area (Å²) >= 11 is 0. The fourth-order valence-corrected chi connectivity index (χ4v) is 4.66. The van der Waals surface area contributed by atoms with Crippen molar-refractivity contribution in [3.63, 3.8) is 0 Å². The Labute approximate surface area is 155 Å². The van der Waals surface area contributed by atoms with Crippen LogP contribution in [0.2, 0.25) is 0 Å². The van der Waals surface area contributed by atoms with E-state index in [2.05, 4.69) is 38.8 Å². The van der Waals surface area contributed by atoms with Gasteiger partial charge in [0.15, 0.2) is 0 Å². The summed E-state index contributed by atoms with van der Waals surface area (Å²) in [5.41, 5.74) is 2.61. The van der Waals surface area contributed by atoms with Gasteiger partial charge in [-0.1, -0.05) is 30.3 Å². The van der Waals surface area contributed by atoms with Crippen LogP contribution in [0.5, 0.6) is 0 Å². The number of likely N-dealkylation sites (N-methyl/N-ethyl adjacent to an activating group) is 1. The molecule has 5 nitrogen and oxygen atoms in total. The molecule has 5 heteroatoms. The molecule has 0 saturated carbocycles. The molecule has 2 saturated heterocycles. The number of likely N-dealkylation sites (tertiary alicyclic amines) is 2. The van der Waals surface area contributed by atoms with Crippen LogP contribution in [0.4, 0.5) is 0 Å². The molecule has 2 fully saturated rings. The maximum Gasteiger partial charge on any atom is 0.230 e. The summed E-state index contributed by atoms with van der Waals surface area (Å²) in [6.07, 6.45) is 6.97. The molecule has 2 aliphatic rings. The monoisotopic (exact) mass is 352 g/mol. The molecular formula is C21H28N4O. The Morgan fingerprint density at radius 2 is 2.00 bits per heavy atom. The Balaban J connectivity index is 1.48. The maximum absolute atomic E-state index is 13.0. The first-order valence-electron chi connectivity index (χ1n) is 9.72. The number of aromatic nitrogens is 2. The topological polar surface area (TPSA) is 52.2 Å². The summed E-state index contributed by atoms with van der Waals surface area (Å²) in [6, 6.07) is 10.4. The molecule has 1 aromatic heterocycles. The number of carbonyl (C=O) groups excluding carboxylic acids is 1. The van der Waals surface area contributed by atoms with E-state index >= 15 is 0 Å². The number of imidazole rings is 1. The Bertz CT molecular complexity index is 720. The number of hydrogen-bond acceptors (Lipinski definition) is 3. The number of piperidine rings is 2. The van der Waals surface area contributed by atoms with Gasteiger partial charge in [-0.15, -0.1) is 0 Å². The van der Waals surface area contributed by atoms with Gasteiger partial charge in [-0.25, -0.2) is 4.98 Å². The predicted molar refractivity (Wildman–Crippen MR) is 102 cm³/mol. The van der Waals surface area contributed by atoms with Crippen LogP contribution < -0.4 is 0 Å². The van der Waals surface area contributed by atoms with Crippen molar-refractivity contribution >= 4 is 5.91 Å². The zero-order valence-electron chi connectivity index (χ0n) is 15.5. The predicted octanol–water partition coefficient (Wildman–Crippen LogP) is 3.03. The highest BCUT2D eigenvalue weighted by molar-refractivity contribution is 5.84. The first-order valence-corrected chi connectivity index (χ1v) is 9.72. The lowest BCUT2D eigenvalue weighted by Crippen LogP contribution is -2.53. The molecule has 1 spiro atoms. The Morgan fingerprint density at radius 1 is 1.23 bits per heavy atom. The van der Waals surface area contributed by atoms with Crippen molar-refractivity contribution in [2.45, 2.75) is 38.6 Å². The number of nitrogens with zero attached hydrogens (tertiary/aromatic N) is 3. The van der Waals surface area contributed by atoms with Gasteiger partial charge in [-0.3, -0.25) is 9.69 Å². The van der Waals surface area contributed by atoms with E-state index in [0.29, 0.717) is 5.91 Å². The second-order valence-electron chi connectivity index (χ2n) is 7.87. The van der Waals surface area contributed by atoms with Crippen LogP contribution in [-0.4, -0.2) is 51.9 Å². The normalized spacial score (nSPS) is 23.5. The number of carbonyl (C=O) groups is 1. The summed E-state index contributed by atoms with van der Waals surface area (Å²) in [7, 11) is 0. The van der Waals surface area contributed by atoms with Crippen LogP contribution in [-0.2, 0) is 11.3 Å². The molecule has 4 rings (SSSR count). The third-order valence-corrected chi connectivity index (χ3v) is 6.22. The third kappa shape index (κ3) is 3.40. The summed E-state index contributed by atoms with van der Waals surface area (Å²) in [5, 5.41) is 0. The first-order chi connectivity index (χ1) is 12.7. The molecule has 0 aliphatic carbocycles. The summed E-state index contributed by atoms with van der Waals surface area (Å²) in [4.78, 5) is 24.9. The van der Waals surface area contributed by atoms with Crippen molar-refractivity contribution in [2.24, 2.45) is 5.41 Å². The first kappa shape index (κ1) is 17.3. The van der Waals surface area contributed by atoms with E-state index in [0.717, 1.165) is 52.0 Å². The highest BCUT2D eigenvalue weighted by atomic mass is 16.2. The van der Waals surface area contributed by atoms with E-state index in [1.54, 1.807) is 6.33 Å². The van der Waals surface area contributed by atoms with Gasteiger partial charge in [0.25, 0.3) is 0 Å². The number of hydrogen-bond donors (Lipinski definition) is 1. The molecule has 1 atom stereocenters. The fraction of sp³-hybridized carbons (Fsp3) is 0.524. The van der Waals surface area contributed by atoms with Crippen LogP contribution in [0, 0.1) is 5.41 Å². The molecule has 2 aromatic rings. The number of rotatable bonds is 4. The molecule has 0 bridgehead atoms. The van der Waals surface area contributed by atoms with Crippen LogP contribution in [0.25, 0.3) is 0 Å². The van der Waals surface area contributed by atoms with Gasteiger partial charge < -0.3 is 9.88 Å². The van der Waals surface area contributed by atoms with Gasteiger partial charge in [-0.05, 0) is 50.3 Å². The van der Waals surface area contributed by atoms with Gasteiger partial charge in [0.1, 0.15) is 0 Å². The quantitative estimate of drug-likeness (QED) is 0.920. The van der Waals surface area contributed by atoms with Gasteiger partial charge in [0, 0.05) is 31.5 Å². The van der Waals surface area contributed by atoms with E-state index < -0.39 is 0 Å². The zero-order chi connectivity index (χ0) is 18.0. The van der Waals surface area contributed by atoms with Gasteiger partial charge in [0.2, 0.25) is 5.91 Å². The minimum atomic E-state index is 0.0176. The summed E-state index contributed by atoms with van der Waals surface area (Å²) in [5.74, 6) is 0.327. The van der Waals surface area contributed by atoms with E-state index in [-0.39, 0.29) is 11.3 Å². The number of H-pyrrole nitrogens is 1. The number of benzene rings is 1. The minimum Gasteiger partial charge on any atom is -0.347 e. The average molecular weight is 352 g/mol. The van der Waals surface area contributed by atoms with Crippen molar-refractivity contribution in [1.82, 2.24) is 19.8 Å². The Kier molecular flexibility index (Phi) is 4.81.